The van der Waals surface area contributed by atoms with Crippen LogP contribution in [0.3, 0.4) is 0 Å². The van der Waals surface area contributed by atoms with Gasteiger partial charge in [-0.15, -0.1) is 11.3 Å². The fourth-order valence-electron chi connectivity index (χ4n) is 1.80. The molecule has 2 heterocycles. The van der Waals surface area contributed by atoms with E-state index in [-0.39, 0.29) is 6.04 Å². The molecule has 0 saturated heterocycles. The van der Waals surface area contributed by atoms with Crippen LogP contribution in [0, 0.1) is 0 Å². The van der Waals surface area contributed by atoms with Crippen LogP contribution in [-0.2, 0) is 0 Å². The summed E-state index contributed by atoms with van der Waals surface area (Å²) in [6.45, 7) is 4.28. The topological polar surface area (TPSA) is 43.8 Å². The predicted molar refractivity (Wildman–Crippen MR) is 67.6 cm³/mol. The van der Waals surface area contributed by atoms with E-state index in [2.05, 4.69) is 40.9 Å². The van der Waals surface area contributed by atoms with Gasteiger partial charge in [0.2, 0.25) is 0 Å². The molecule has 0 aromatic carbocycles. The molecule has 0 spiro atoms. The fraction of sp³-hybridized carbons (Fsp3) is 0.417. The Labute approximate surface area is 99.9 Å². The van der Waals surface area contributed by atoms with Crippen molar-refractivity contribution in [1.82, 2.24) is 9.55 Å². The second-order valence-corrected chi connectivity index (χ2v) is 4.91. The average molecular weight is 235 g/mol. The van der Waals surface area contributed by atoms with Crippen LogP contribution in [0.25, 0.3) is 0 Å². The van der Waals surface area contributed by atoms with Gasteiger partial charge >= 0.3 is 0 Å². The van der Waals surface area contributed by atoms with Gasteiger partial charge in [-0.1, -0.05) is 13.0 Å². The summed E-state index contributed by atoms with van der Waals surface area (Å²) >= 11 is 1.77. The zero-order valence-electron chi connectivity index (χ0n) is 9.63. The molecule has 2 rings (SSSR count). The van der Waals surface area contributed by atoms with Crippen molar-refractivity contribution in [2.45, 2.75) is 32.4 Å². The van der Waals surface area contributed by atoms with Crippen LogP contribution in [0.5, 0.6) is 0 Å². The first-order chi connectivity index (χ1) is 7.74. The summed E-state index contributed by atoms with van der Waals surface area (Å²) in [6, 6.07) is 4.61. The number of nitrogens with two attached hydrogens (primary N) is 1. The molecule has 0 aliphatic rings. The van der Waals surface area contributed by atoms with Gasteiger partial charge in [0.05, 0.1) is 18.1 Å². The molecule has 2 aromatic rings. The maximum Gasteiger partial charge on any atom is 0.0954 e. The van der Waals surface area contributed by atoms with E-state index in [0.717, 1.165) is 12.1 Å². The van der Waals surface area contributed by atoms with Gasteiger partial charge < -0.3 is 10.3 Å². The summed E-state index contributed by atoms with van der Waals surface area (Å²) in [5.74, 6) is 0. The number of hydrogen-bond donors (Lipinski definition) is 1. The van der Waals surface area contributed by atoms with E-state index >= 15 is 0 Å². The molecule has 2 N–H and O–H groups in total. The summed E-state index contributed by atoms with van der Waals surface area (Å²) < 4.78 is 2.17. The lowest BCUT2D eigenvalue weighted by molar-refractivity contribution is 0.563. The van der Waals surface area contributed by atoms with Crippen molar-refractivity contribution in [2.24, 2.45) is 5.73 Å². The van der Waals surface area contributed by atoms with Gasteiger partial charge in [-0.05, 0) is 24.8 Å². The van der Waals surface area contributed by atoms with E-state index in [0.29, 0.717) is 6.04 Å². The Bertz CT molecular complexity index is 433. The van der Waals surface area contributed by atoms with E-state index in [1.165, 1.54) is 4.88 Å². The quantitative estimate of drug-likeness (QED) is 0.885. The van der Waals surface area contributed by atoms with Crippen molar-refractivity contribution in [3.05, 3.63) is 40.6 Å². The number of rotatable bonds is 4. The largest absolute Gasteiger partial charge is 0.325 e. The highest BCUT2D eigenvalue weighted by Crippen LogP contribution is 2.26. The third-order valence-corrected chi connectivity index (χ3v) is 3.93. The number of hydrogen-bond acceptors (Lipinski definition) is 3. The third-order valence-electron chi connectivity index (χ3n) is 2.89. The summed E-state index contributed by atoms with van der Waals surface area (Å²) in [5.41, 5.74) is 7.19. The van der Waals surface area contributed by atoms with E-state index in [1.807, 2.05) is 12.5 Å². The standard InChI is InChI=1S/C12H17N3S/c1-3-10(13)11-7-14-8-15(11)9(2)12-5-4-6-16-12/h4-10H,3,13H2,1-2H3/t9?,10-/m1/s1. The molecule has 0 radical (unpaired) electrons. The van der Waals surface area contributed by atoms with Gasteiger partial charge in [-0.25, -0.2) is 4.98 Å². The highest BCUT2D eigenvalue weighted by Gasteiger charge is 2.15. The first-order valence-electron chi connectivity index (χ1n) is 5.54. The van der Waals surface area contributed by atoms with Crippen molar-refractivity contribution in [3.63, 3.8) is 0 Å². The maximum absolute atomic E-state index is 6.07. The fourth-order valence-corrected chi connectivity index (χ4v) is 2.58. The molecule has 1 unspecified atom stereocenters. The summed E-state index contributed by atoms with van der Waals surface area (Å²) in [4.78, 5) is 5.55. The Morgan fingerprint density at radius 2 is 2.38 bits per heavy atom. The van der Waals surface area contributed by atoms with Crippen LogP contribution in [-0.4, -0.2) is 9.55 Å². The first kappa shape index (κ1) is 11.4. The van der Waals surface area contributed by atoms with E-state index in [1.54, 1.807) is 11.3 Å². The van der Waals surface area contributed by atoms with Gasteiger partial charge in [0.25, 0.3) is 0 Å². The van der Waals surface area contributed by atoms with E-state index in [4.69, 9.17) is 5.73 Å². The third kappa shape index (κ3) is 2.03. The van der Waals surface area contributed by atoms with Gasteiger partial charge in [0.15, 0.2) is 0 Å². The number of aromatic nitrogens is 2. The highest BCUT2D eigenvalue weighted by atomic mass is 32.1. The number of nitrogens with zero attached hydrogens (tertiary/aromatic N) is 2. The van der Waals surface area contributed by atoms with Crippen molar-refractivity contribution < 1.29 is 0 Å². The Hall–Kier alpha value is -1.13. The lowest BCUT2D eigenvalue weighted by atomic mass is 10.1. The Kier molecular flexibility index (Phi) is 3.41. The van der Waals surface area contributed by atoms with E-state index in [9.17, 15) is 0 Å². The van der Waals surface area contributed by atoms with Crippen LogP contribution < -0.4 is 5.73 Å². The summed E-state index contributed by atoms with van der Waals surface area (Å²) in [5, 5.41) is 2.10. The molecule has 3 nitrogen and oxygen atoms in total. The highest BCUT2D eigenvalue weighted by molar-refractivity contribution is 7.10. The SMILES string of the molecule is CC[C@@H](N)c1cncn1C(C)c1cccs1. The second-order valence-electron chi connectivity index (χ2n) is 3.93. The van der Waals surface area contributed by atoms with Gasteiger partial charge in [0.1, 0.15) is 0 Å². The normalized spacial score (nSPS) is 14.9. The summed E-state index contributed by atoms with van der Waals surface area (Å²) in [6.07, 6.45) is 4.68. The molecular weight excluding hydrogens is 218 g/mol. The molecule has 0 aliphatic heterocycles. The average Bonchev–Trinajstić information content (AvgIpc) is 2.97. The van der Waals surface area contributed by atoms with Gasteiger partial charge in [0, 0.05) is 17.1 Å². The van der Waals surface area contributed by atoms with Crippen LogP contribution in [0.1, 0.15) is 42.9 Å². The Morgan fingerprint density at radius 1 is 1.56 bits per heavy atom. The Balaban J connectivity index is 2.30. The number of imidazole rings is 1. The minimum absolute atomic E-state index is 0.0740. The Morgan fingerprint density at radius 3 is 3.00 bits per heavy atom. The molecule has 16 heavy (non-hydrogen) atoms. The molecule has 0 aliphatic carbocycles. The molecule has 86 valence electrons. The molecule has 2 aromatic heterocycles. The van der Waals surface area contributed by atoms with Crippen molar-refractivity contribution in [3.8, 4) is 0 Å². The first-order valence-corrected chi connectivity index (χ1v) is 6.42. The molecule has 2 atom stereocenters. The van der Waals surface area contributed by atoms with Crippen molar-refractivity contribution >= 4 is 11.3 Å². The minimum Gasteiger partial charge on any atom is -0.325 e. The lowest BCUT2D eigenvalue weighted by Crippen LogP contribution is -2.16. The molecule has 0 saturated carbocycles. The van der Waals surface area contributed by atoms with Gasteiger partial charge in [-0.2, -0.15) is 0 Å². The molecular formula is C12H17N3S. The molecule has 0 fully saturated rings. The van der Waals surface area contributed by atoms with Gasteiger partial charge in [-0.3, -0.25) is 0 Å². The van der Waals surface area contributed by atoms with Crippen molar-refractivity contribution in [2.75, 3.05) is 0 Å². The molecule has 4 heteroatoms. The number of thiophene rings is 1. The smallest absolute Gasteiger partial charge is 0.0954 e. The second kappa shape index (κ2) is 4.80. The predicted octanol–water partition coefficient (Wildman–Crippen LogP) is 2.96. The van der Waals surface area contributed by atoms with Crippen LogP contribution in [0.15, 0.2) is 30.0 Å². The van der Waals surface area contributed by atoms with Crippen LogP contribution in [0.4, 0.5) is 0 Å². The zero-order chi connectivity index (χ0) is 11.5. The monoisotopic (exact) mass is 235 g/mol. The molecule has 0 bridgehead atoms. The minimum atomic E-state index is 0.0740. The van der Waals surface area contributed by atoms with E-state index < -0.39 is 0 Å². The van der Waals surface area contributed by atoms with Crippen molar-refractivity contribution in [1.29, 1.82) is 0 Å². The molecule has 0 amide bonds. The van der Waals surface area contributed by atoms with Crippen LogP contribution in [0.2, 0.25) is 0 Å². The maximum atomic E-state index is 6.07. The summed E-state index contributed by atoms with van der Waals surface area (Å²) in [7, 11) is 0. The van der Waals surface area contributed by atoms with Crippen LogP contribution >= 0.6 is 11.3 Å². The lowest BCUT2D eigenvalue weighted by Gasteiger charge is -2.18. The zero-order valence-corrected chi connectivity index (χ0v) is 10.4.